The first-order chi connectivity index (χ1) is 10.0. The number of amides is 1. The molecule has 0 aliphatic carbocycles. The summed E-state index contributed by atoms with van der Waals surface area (Å²) in [5, 5.41) is 2.85. The highest BCUT2D eigenvalue weighted by Gasteiger charge is 2.10. The fourth-order valence-electron chi connectivity index (χ4n) is 1.97. The van der Waals surface area contributed by atoms with Gasteiger partial charge < -0.3 is 20.5 Å². The lowest BCUT2D eigenvalue weighted by Gasteiger charge is -2.11. The van der Waals surface area contributed by atoms with E-state index in [9.17, 15) is 4.79 Å². The summed E-state index contributed by atoms with van der Waals surface area (Å²) in [4.78, 5) is 12.2. The molecule has 110 valence electrons. The van der Waals surface area contributed by atoms with Gasteiger partial charge in [0.1, 0.15) is 11.5 Å². The Morgan fingerprint density at radius 2 is 1.86 bits per heavy atom. The minimum atomic E-state index is -0.224. The van der Waals surface area contributed by atoms with E-state index < -0.39 is 0 Å². The zero-order chi connectivity index (χ0) is 15.4. The molecule has 0 radical (unpaired) electrons. The summed E-state index contributed by atoms with van der Waals surface area (Å²) in [6.07, 6.45) is 0. The summed E-state index contributed by atoms with van der Waals surface area (Å²) in [5.74, 6) is 1.07. The minimum absolute atomic E-state index is 0.224. The summed E-state index contributed by atoms with van der Waals surface area (Å²) in [5.41, 5.74) is 8.36. The van der Waals surface area contributed by atoms with Crippen LogP contribution in [0.4, 0.5) is 11.4 Å². The monoisotopic (exact) mass is 286 g/mol. The van der Waals surface area contributed by atoms with E-state index in [4.69, 9.17) is 15.2 Å². The van der Waals surface area contributed by atoms with E-state index >= 15 is 0 Å². The highest BCUT2D eigenvalue weighted by Crippen LogP contribution is 2.24. The number of hydrogen-bond donors (Lipinski definition) is 2. The number of nitrogen functional groups attached to an aromatic ring is 1. The molecule has 0 bridgehead atoms. The predicted octanol–water partition coefficient (Wildman–Crippen LogP) is 2.85. The number of anilines is 2. The third-order valence-electron chi connectivity index (χ3n) is 3.17. The van der Waals surface area contributed by atoms with Crippen molar-refractivity contribution < 1.29 is 14.3 Å². The van der Waals surface area contributed by atoms with Gasteiger partial charge in [0.2, 0.25) is 0 Å². The lowest BCUT2D eigenvalue weighted by molar-refractivity contribution is 0.102. The van der Waals surface area contributed by atoms with E-state index in [0.717, 1.165) is 17.0 Å². The quantitative estimate of drug-likeness (QED) is 0.848. The molecule has 0 saturated heterocycles. The number of carbonyl (C=O) groups excluding carboxylic acids is 1. The Morgan fingerprint density at radius 1 is 1.10 bits per heavy atom. The molecule has 2 aromatic carbocycles. The van der Waals surface area contributed by atoms with E-state index in [1.807, 2.05) is 13.0 Å². The van der Waals surface area contributed by atoms with Crippen molar-refractivity contribution in [1.82, 2.24) is 0 Å². The van der Waals surface area contributed by atoms with Gasteiger partial charge in [0, 0.05) is 11.3 Å². The lowest BCUT2D eigenvalue weighted by atomic mass is 10.1. The summed E-state index contributed by atoms with van der Waals surface area (Å²) in [6.45, 7) is 1.90. The number of methoxy groups -OCH3 is 2. The third kappa shape index (κ3) is 3.25. The normalized spacial score (nSPS) is 10.0. The number of rotatable bonds is 4. The van der Waals surface area contributed by atoms with Crippen LogP contribution in [-0.2, 0) is 0 Å². The molecule has 1 amide bonds. The molecule has 2 rings (SSSR count). The van der Waals surface area contributed by atoms with Crippen LogP contribution in [0, 0.1) is 6.92 Å². The molecule has 5 nitrogen and oxygen atoms in total. The average Bonchev–Trinajstić information content (AvgIpc) is 2.49. The van der Waals surface area contributed by atoms with Crippen molar-refractivity contribution in [3.63, 3.8) is 0 Å². The summed E-state index contributed by atoms with van der Waals surface area (Å²) >= 11 is 0. The first-order valence-electron chi connectivity index (χ1n) is 6.44. The molecule has 0 heterocycles. The number of hydrogen-bond acceptors (Lipinski definition) is 4. The first-order valence-corrected chi connectivity index (χ1v) is 6.44. The van der Waals surface area contributed by atoms with E-state index in [0.29, 0.717) is 17.0 Å². The van der Waals surface area contributed by atoms with Crippen molar-refractivity contribution in [3.05, 3.63) is 47.5 Å². The lowest BCUT2D eigenvalue weighted by Crippen LogP contribution is -2.13. The molecule has 0 unspecified atom stereocenters. The van der Waals surface area contributed by atoms with Crippen molar-refractivity contribution in [2.24, 2.45) is 0 Å². The molecule has 3 N–H and O–H groups in total. The van der Waals surface area contributed by atoms with Crippen LogP contribution >= 0.6 is 0 Å². The first kappa shape index (κ1) is 14.7. The molecule has 0 spiro atoms. The zero-order valence-corrected chi connectivity index (χ0v) is 12.3. The van der Waals surface area contributed by atoms with E-state index in [2.05, 4.69) is 5.32 Å². The smallest absolute Gasteiger partial charge is 0.255 e. The van der Waals surface area contributed by atoms with Gasteiger partial charge in [-0.1, -0.05) is 0 Å². The Kier molecular flexibility index (Phi) is 4.33. The number of carbonyl (C=O) groups is 1. The standard InChI is InChI=1S/C16H18N2O3/c1-10-8-12(20-2)5-6-14(10)18-16(19)11-4-7-15(21-3)13(17)9-11/h4-9H,17H2,1-3H3,(H,18,19). The number of ether oxygens (including phenoxy) is 2. The molecule has 0 atom stereocenters. The molecule has 21 heavy (non-hydrogen) atoms. The molecular formula is C16H18N2O3. The van der Waals surface area contributed by atoms with Gasteiger partial charge in [0.15, 0.2) is 0 Å². The number of nitrogens with two attached hydrogens (primary N) is 1. The second-order valence-electron chi connectivity index (χ2n) is 4.59. The SMILES string of the molecule is COc1ccc(NC(=O)c2ccc(OC)c(N)c2)c(C)c1. The Balaban J connectivity index is 2.20. The van der Waals surface area contributed by atoms with Crippen LogP contribution in [0.2, 0.25) is 0 Å². The second-order valence-corrected chi connectivity index (χ2v) is 4.59. The van der Waals surface area contributed by atoms with Crippen molar-refractivity contribution in [3.8, 4) is 11.5 Å². The molecule has 0 aliphatic heterocycles. The Bertz CT molecular complexity index is 669. The van der Waals surface area contributed by atoms with Crippen LogP contribution < -0.4 is 20.5 Å². The molecule has 0 saturated carbocycles. The van der Waals surface area contributed by atoms with E-state index in [1.54, 1.807) is 37.4 Å². The summed E-state index contributed by atoms with van der Waals surface area (Å²) in [7, 11) is 3.14. The molecule has 0 aliphatic rings. The van der Waals surface area contributed by atoms with Crippen molar-refractivity contribution in [2.45, 2.75) is 6.92 Å². The Morgan fingerprint density at radius 3 is 2.43 bits per heavy atom. The van der Waals surface area contributed by atoms with E-state index in [1.165, 1.54) is 7.11 Å². The van der Waals surface area contributed by atoms with Crippen molar-refractivity contribution in [1.29, 1.82) is 0 Å². The van der Waals surface area contributed by atoms with Gasteiger partial charge in [-0.25, -0.2) is 0 Å². The van der Waals surface area contributed by atoms with Crippen LogP contribution in [0.25, 0.3) is 0 Å². The molecular weight excluding hydrogens is 268 g/mol. The molecule has 5 heteroatoms. The van der Waals surface area contributed by atoms with Crippen molar-refractivity contribution in [2.75, 3.05) is 25.3 Å². The van der Waals surface area contributed by atoms with Gasteiger partial charge in [-0.15, -0.1) is 0 Å². The number of aryl methyl sites for hydroxylation is 1. The maximum Gasteiger partial charge on any atom is 0.255 e. The summed E-state index contributed by atoms with van der Waals surface area (Å²) in [6, 6.07) is 10.4. The fourth-order valence-corrected chi connectivity index (χ4v) is 1.97. The van der Waals surface area contributed by atoms with Gasteiger partial charge in [-0.2, -0.15) is 0 Å². The van der Waals surface area contributed by atoms with Crippen LogP contribution in [0.15, 0.2) is 36.4 Å². The summed E-state index contributed by atoms with van der Waals surface area (Å²) < 4.78 is 10.2. The van der Waals surface area contributed by atoms with Crippen molar-refractivity contribution >= 4 is 17.3 Å². The second kappa shape index (κ2) is 6.17. The van der Waals surface area contributed by atoms with Gasteiger partial charge in [0.25, 0.3) is 5.91 Å². The molecule has 0 aromatic heterocycles. The number of benzene rings is 2. The van der Waals surface area contributed by atoms with Gasteiger partial charge in [0.05, 0.1) is 19.9 Å². The highest BCUT2D eigenvalue weighted by molar-refractivity contribution is 6.05. The highest BCUT2D eigenvalue weighted by atomic mass is 16.5. The third-order valence-corrected chi connectivity index (χ3v) is 3.17. The van der Waals surface area contributed by atoms with Gasteiger partial charge >= 0.3 is 0 Å². The Labute approximate surface area is 123 Å². The predicted molar refractivity (Wildman–Crippen MR) is 83.1 cm³/mol. The maximum absolute atomic E-state index is 12.2. The fraction of sp³-hybridized carbons (Fsp3) is 0.188. The van der Waals surface area contributed by atoms with Crippen LogP contribution in [0.5, 0.6) is 11.5 Å². The topological polar surface area (TPSA) is 73.6 Å². The van der Waals surface area contributed by atoms with Gasteiger partial charge in [-0.05, 0) is 48.9 Å². The maximum atomic E-state index is 12.2. The van der Waals surface area contributed by atoms with Crippen LogP contribution in [-0.4, -0.2) is 20.1 Å². The number of nitrogens with one attached hydrogen (secondary N) is 1. The van der Waals surface area contributed by atoms with Crippen LogP contribution in [0.1, 0.15) is 15.9 Å². The van der Waals surface area contributed by atoms with Gasteiger partial charge in [-0.3, -0.25) is 4.79 Å². The zero-order valence-electron chi connectivity index (χ0n) is 12.3. The molecule has 2 aromatic rings. The Hall–Kier alpha value is -2.69. The van der Waals surface area contributed by atoms with E-state index in [-0.39, 0.29) is 5.91 Å². The average molecular weight is 286 g/mol. The van der Waals surface area contributed by atoms with Crippen LogP contribution in [0.3, 0.4) is 0 Å². The largest absolute Gasteiger partial charge is 0.497 e. The molecule has 0 fully saturated rings. The minimum Gasteiger partial charge on any atom is -0.497 e.